The molecule has 62 heavy (non-hydrogen) atoms. The van der Waals surface area contributed by atoms with E-state index in [2.05, 4.69) is 19.2 Å². The Hall–Kier alpha value is -3.07. The fourth-order valence-electron chi connectivity index (χ4n) is 9.43. The first-order valence-electron chi connectivity index (χ1n) is 22.4. The highest BCUT2D eigenvalue weighted by Gasteiger charge is 2.76. The van der Waals surface area contributed by atoms with Crippen molar-refractivity contribution in [3.8, 4) is 0 Å². The maximum absolute atomic E-state index is 14.9. The van der Waals surface area contributed by atoms with Crippen LogP contribution in [0.4, 0.5) is 0 Å². The molecule has 1 aromatic rings. The number of nitrogens with one attached hydrogen (secondary N) is 1. The van der Waals surface area contributed by atoms with Crippen LogP contribution >= 0.6 is 0 Å². The lowest BCUT2D eigenvalue weighted by Crippen LogP contribution is -2.70. The lowest BCUT2D eigenvalue weighted by molar-refractivity contribution is -0.298. The van der Waals surface area contributed by atoms with E-state index in [1.54, 1.807) is 32.9 Å². The zero-order valence-electron chi connectivity index (χ0n) is 36.7. The molecule has 4 aliphatic heterocycles. The number of esters is 2. The van der Waals surface area contributed by atoms with Gasteiger partial charge in [0.2, 0.25) is 5.91 Å². The Kier molecular flexibility index (Phi) is 16.3. The van der Waals surface area contributed by atoms with E-state index in [-0.39, 0.29) is 32.4 Å². The minimum absolute atomic E-state index is 0.0356. The topological polar surface area (TPSA) is 232 Å². The third-order valence-corrected chi connectivity index (χ3v) is 12.5. The Balaban J connectivity index is 1.24. The Morgan fingerprint density at radius 3 is 2.37 bits per heavy atom. The molecule has 12 atom stereocenters. The van der Waals surface area contributed by atoms with Gasteiger partial charge in [0, 0.05) is 25.7 Å². The smallest absolute Gasteiger partial charge is 0.327 e. The fourth-order valence-corrected chi connectivity index (χ4v) is 9.43. The largest absolute Gasteiger partial charge is 0.460 e. The van der Waals surface area contributed by atoms with Gasteiger partial charge < -0.3 is 59.3 Å². The van der Waals surface area contributed by atoms with Crippen molar-refractivity contribution in [2.75, 3.05) is 19.8 Å². The number of hydrogen-bond acceptors (Lipinski definition) is 16. The summed E-state index contributed by atoms with van der Waals surface area (Å²) in [5.41, 5.74) is -0.698. The second-order valence-electron chi connectivity index (χ2n) is 18.4. The Labute approximate surface area is 363 Å². The van der Waals surface area contributed by atoms with Crippen LogP contribution in [0.15, 0.2) is 30.3 Å². The second-order valence-corrected chi connectivity index (χ2v) is 18.4. The molecule has 6 rings (SSSR count). The number of unbranched alkanes of at least 4 members (excludes halogenated alkanes) is 4. The van der Waals surface area contributed by atoms with Crippen LogP contribution < -0.4 is 5.32 Å². The lowest BCUT2D eigenvalue weighted by atomic mass is 9.62. The standard InChI is InChI=1S/C45H68N2O15/c1-6-8-10-19-44(20-11-9-7-2)60-36-30-23-45(42(55)46-29(25-48)17-18-32(50)59-43(3,4)5)38(40(54)57-30)47(62-39(45)37(36)61-44)24-28-15-12-14-27(22-28)16-13-21-56-41-35(53)34(52)33(51)31(26-49)58-41/h12-16,22,29-31,33-39,41,48-49,51-53H,6-11,17-21,23-26H2,1-5H3,(H,46,55)/t29-,30+,31+,33-,34-,35+,36-,37-,38+,39+,41-,45+/m0/s1. The third-order valence-electron chi connectivity index (χ3n) is 12.5. The number of hydroxylamine groups is 2. The number of ether oxygens (including phenoxy) is 6. The molecule has 348 valence electrons. The van der Waals surface area contributed by atoms with Gasteiger partial charge in [0.25, 0.3) is 0 Å². The second kappa shape index (κ2) is 20.8. The van der Waals surface area contributed by atoms with Gasteiger partial charge in [-0.05, 0) is 51.2 Å². The monoisotopic (exact) mass is 876 g/mol. The van der Waals surface area contributed by atoms with Gasteiger partial charge in [-0.3, -0.25) is 19.2 Å². The van der Waals surface area contributed by atoms with Crippen LogP contribution in [0.2, 0.25) is 0 Å². The molecule has 2 bridgehead atoms. The molecule has 5 fully saturated rings. The van der Waals surface area contributed by atoms with Gasteiger partial charge >= 0.3 is 11.9 Å². The molecule has 5 aliphatic rings. The summed E-state index contributed by atoms with van der Waals surface area (Å²) in [6, 6.07) is 5.42. The number of fused-ring (bicyclic) bond motifs is 4. The number of aliphatic hydroxyl groups is 5. The molecule has 6 N–H and O–H groups in total. The maximum Gasteiger partial charge on any atom is 0.327 e. The van der Waals surface area contributed by atoms with Crippen molar-refractivity contribution in [1.29, 1.82) is 0 Å². The van der Waals surface area contributed by atoms with E-state index in [0.29, 0.717) is 12.8 Å². The molecule has 0 radical (unpaired) electrons. The van der Waals surface area contributed by atoms with Crippen molar-refractivity contribution in [3.05, 3.63) is 41.5 Å². The molecule has 1 saturated carbocycles. The van der Waals surface area contributed by atoms with Gasteiger partial charge in [0.05, 0.1) is 32.4 Å². The van der Waals surface area contributed by atoms with Crippen LogP contribution in [0.3, 0.4) is 0 Å². The van der Waals surface area contributed by atoms with E-state index in [1.807, 2.05) is 24.3 Å². The minimum Gasteiger partial charge on any atom is -0.460 e. The Bertz CT molecular complexity index is 1690. The molecular weight excluding hydrogens is 808 g/mol. The van der Waals surface area contributed by atoms with Gasteiger partial charge in [0.15, 0.2) is 18.1 Å². The molecule has 0 aromatic heterocycles. The van der Waals surface area contributed by atoms with Gasteiger partial charge in [-0.2, -0.15) is 5.06 Å². The number of carbonyl (C=O) groups excluding carboxylic acids is 3. The average Bonchev–Trinajstić information content (AvgIpc) is 3.79. The van der Waals surface area contributed by atoms with Gasteiger partial charge in [-0.25, -0.2) is 0 Å². The molecule has 17 heteroatoms. The summed E-state index contributed by atoms with van der Waals surface area (Å²) in [7, 11) is 0. The van der Waals surface area contributed by atoms with E-state index in [9.17, 15) is 39.9 Å². The summed E-state index contributed by atoms with van der Waals surface area (Å²) < 4.78 is 36.5. The number of nitrogens with zero attached hydrogens (tertiary/aromatic N) is 1. The van der Waals surface area contributed by atoms with Crippen molar-refractivity contribution < 1.29 is 73.2 Å². The molecule has 1 aliphatic carbocycles. The number of hydrogen-bond donors (Lipinski definition) is 6. The van der Waals surface area contributed by atoms with E-state index < -0.39 is 115 Å². The Morgan fingerprint density at radius 2 is 1.71 bits per heavy atom. The molecule has 0 spiro atoms. The Morgan fingerprint density at radius 1 is 1.00 bits per heavy atom. The summed E-state index contributed by atoms with van der Waals surface area (Å²) in [4.78, 5) is 48.6. The SMILES string of the molecule is CCCCCC1(CCCCC)O[C@@H]2[C@H](O1)[C@H]1ON(Cc3cccc(C=CCO[C@H]4O[C@H](CO)[C@H](O)[C@H](O)[C@H]4O)c3)[C@@H]3C(=O)O[C@@H]2C[C@]13C(=O)N[C@H](CO)CCC(=O)OC(C)(C)C. The number of benzene rings is 1. The van der Waals surface area contributed by atoms with Gasteiger partial charge in [-0.1, -0.05) is 75.9 Å². The first kappa shape index (κ1) is 48.4. The zero-order chi connectivity index (χ0) is 44.8. The van der Waals surface area contributed by atoms with Crippen LogP contribution in [-0.4, -0.2) is 147 Å². The van der Waals surface area contributed by atoms with Gasteiger partial charge in [0.1, 0.15) is 59.8 Å². The van der Waals surface area contributed by atoms with Crippen molar-refractivity contribution in [1.82, 2.24) is 10.4 Å². The molecule has 1 amide bonds. The fraction of sp³-hybridized carbons (Fsp3) is 0.756. The molecule has 0 unspecified atom stereocenters. The number of carbonyl (C=O) groups is 3. The van der Waals surface area contributed by atoms with Crippen LogP contribution in [-0.2, 0) is 54.2 Å². The predicted molar refractivity (Wildman–Crippen MR) is 221 cm³/mol. The highest BCUT2D eigenvalue weighted by molar-refractivity contribution is 5.93. The van der Waals surface area contributed by atoms with Crippen molar-refractivity contribution in [2.45, 2.75) is 190 Å². The summed E-state index contributed by atoms with van der Waals surface area (Å²) in [5.74, 6) is -2.54. The highest BCUT2D eigenvalue weighted by atomic mass is 16.8. The summed E-state index contributed by atoms with van der Waals surface area (Å²) in [6.45, 7) is 8.59. The molecule has 17 nitrogen and oxygen atoms in total. The van der Waals surface area contributed by atoms with Gasteiger partial charge in [-0.15, -0.1) is 0 Å². The van der Waals surface area contributed by atoms with Crippen molar-refractivity contribution >= 4 is 23.9 Å². The van der Waals surface area contributed by atoms with Crippen molar-refractivity contribution in [2.24, 2.45) is 5.41 Å². The quantitative estimate of drug-likeness (QED) is 0.0770. The maximum atomic E-state index is 14.9. The zero-order valence-corrected chi connectivity index (χ0v) is 36.7. The number of amides is 1. The summed E-state index contributed by atoms with van der Waals surface area (Å²) in [5, 5.41) is 54.9. The van der Waals surface area contributed by atoms with E-state index in [0.717, 1.165) is 49.7 Å². The van der Waals surface area contributed by atoms with Crippen LogP contribution in [0.5, 0.6) is 0 Å². The van der Waals surface area contributed by atoms with E-state index in [1.165, 1.54) is 5.06 Å². The van der Waals surface area contributed by atoms with Crippen LogP contribution in [0.1, 0.15) is 116 Å². The normalized spacial score (nSPS) is 33.3. The summed E-state index contributed by atoms with van der Waals surface area (Å²) in [6.07, 6.45) is 0.526. The van der Waals surface area contributed by atoms with E-state index >= 15 is 0 Å². The van der Waals surface area contributed by atoms with E-state index in [4.69, 9.17) is 33.3 Å². The lowest BCUT2D eigenvalue weighted by Gasteiger charge is -2.49. The predicted octanol–water partition coefficient (Wildman–Crippen LogP) is 2.56. The molecular formula is C45H68N2O15. The van der Waals surface area contributed by atoms with Crippen LogP contribution in [0.25, 0.3) is 6.08 Å². The first-order valence-corrected chi connectivity index (χ1v) is 22.4. The molecule has 4 heterocycles. The average molecular weight is 877 g/mol. The first-order chi connectivity index (χ1) is 29.6. The minimum atomic E-state index is -1.56. The summed E-state index contributed by atoms with van der Waals surface area (Å²) >= 11 is 0. The molecule has 4 saturated heterocycles. The van der Waals surface area contributed by atoms with Crippen LogP contribution in [0, 0.1) is 5.41 Å². The number of aliphatic hydroxyl groups excluding tert-OH is 5. The third kappa shape index (κ3) is 10.7. The van der Waals surface area contributed by atoms with Crippen molar-refractivity contribution in [3.63, 3.8) is 0 Å². The number of rotatable bonds is 21. The highest BCUT2D eigenvalue weighted by Crippen LogP contribution is 2.58. The molecule has 1 aromatic carbocycles.